The lowest BCUT2D eigenvalue weighted by atomic mass is 10.0. The van der Waals surface area contributed by atoms with E-state index in [1.807, 2.05) is 0 Å². The lowest BCUT2D eigenvalue weighted by molar-refractivity contribution is -0.137. The summed E-state index contributed by atoms with van der Waals surface area (Å²) in [5.74, 6) is -0.356. The number of halogens is 5. The van der Waals surface area contributed by atoms with Gasteiger partial charge in [0.05, 0.1) is 22.5 Å². The average molecular weight is 459 g/mol. The predicted octanol–water partition coefficient (Wildman–Crippen LogP) is 4.97. The highest BCUT2D eigenvalue weighted by atomic mass is 35.5. The summed E-state index contributed by atoms with van der Waals surface area (Å²) in [6.07, 6.45) is -3.86. The number of hydrogen-bond acceptors (Lipinski definition) is 3. The van der Waals surface area contributed by atoms with Gasteiger partial charge in [-0.3, -0.25) is 9.59 Å². The predicted molar refractivity (Wildman–Crippen MR) is 108 cm³/mol. The van der Waals surface area contributed by atoms with Crippen molar-refractivity contribution in [2.24, 2.45) is 0 Å². The minimum Gasteiger partial charge on any atom is -0.338 e. The van der Waals surface area contributed by atoms with Gasteiger partial charge in [-0.05, 0) is 30.2 Å². The third kappa shape index (κ3) is 3.83. The second-order valence-corrected chi connectivity index (χ2v) is 8.37. The molecule has 3 heterocycles. The third-order valence-electron chi connectivity index (χ3n) is 5.07. The molecule has 0 aliphatic carbocycles. The van der Waals surface area contributed by atoms with Crippen molar-refractivity contribution in [2.75, 3.05) is 13.1 Å². The average Bonchev–Trinajstić information content (AvgIpc) is 3.29. The van der Waals surface area contributed by atoms with Gasteiger partial charge in [-0.2, -0.15) is 13.2 Å². The number of aromatic nitrogens is 1. The van der Waals surface area contributed by atoms with Crippen molar-refractivity contribution in [3.8, 4) is 11.1 Å². The van der Waals surface area contributed by atoms with Gasteiger partial charge >= 0.3 is 6.18 Å². The second kappa shape index (κ2) is 7.70. The highest BCUT2D eigenvalue weighted by Crippen LogP contribution is 2.39. The van der Waals surface area contributed by atoms with Gasteiger partial charge in [-0.1, -0.05) is 17.7 Å². The Kier molecular flexibility index (Phi) is 5.36. The van der Waals surface area contributed by atoms with E-state index < -0.39 is 28.5 Å². The quantitative estimate of drug-likeness (QED) is 0.520. The van der Waals surface area contributed by atoms with Crippen molar-refractivity contribution in [3.05, 3.63) is 56.8 Å². The van der Waals surface area contributed by atoms with Crippen LogP contribution >= 0.6 is 22.9 Å². The first-order valence-corrected chi connectivity index (χ1v) is 10.3. The van der Waals surface area contributed by atoms with Gasteiger partial charge in [0.2, 0.25) is 5.91 Å². The van der Waals surface area contributed by atoms with Crippen LogP contribution in [-0.2, 0) is 17.5 Å². The van der Waals surface area contributed by atoms with E-state index in [1.54, 1.807) is 11.4 Å². The summed E-state index contributed by atoms with van der Waals surface area (Å²) in [7, 11) is 0. The Labute approximate surface area is 177 Å². The van der Waals surface area contributed by atoms with Crippen LogP contribution in [0.15, 0.2) is 40.6 Å². The van der Waals surface area contributed by atoms with E-state index in [0.29, 0.717) is 27.8 Å². The third-order valence-corrected chi connectivity index (χ3v) is 6.34. The highest BCUT2D eigenvalue weighted by molar-refractivity contribution is 7.17. The van der Waals surface area contributed by atoms with Gasteiger partial charge in [0.15, 0.2) is 0 Å². The minimum atomic E-state index is -4.58. The second-order valence-electron chi connectivity index (χ2n) is 7.06. The number of alkyl halides is 4. The summed E-state index contributed by atoms with van der Waals surface area (Å²) in [6, 6.07) is 5.00. The number of pyridine rings is 1. The van der Waals surface area contributed by atoms with Gasteiger partial charge in [0, 0.05) is 28.4 Å². The largest absolute Gasteiger partial charge is 0.417 e. The zero-order chi connectivity index (χ0) is 21.6. The first kappa shape index (κ1) is 20.9. The Hall–Kier alpha value is -2.39. The molecule has 10 heteroatoms. The number of nitrogens with zero attached hydrogens (tertiary/aromatic N) is 2. The molecule has 1 aromatic carbocycles. The van der Waals surface area contributed by atoms with E-state index >= 15 is 0 Å². The number of hydrogen-bond donors (Lipinski definition) is 0. The van der Waals surface area contributed by atoms with E-state index in [1.165, 1.54) is 39.1 Å². The summed E-state index contributed by atoms with van der Waals surface area (Å²) in [5, 5.41) is 1.52. The van der Waals surface area contributed by atoms with Gasteiger partial charge in [0.25, 0.3) is 5.56 Å². The van der Waals surface area contributed by atoms with Crippen LogP contribution < -0.4 is 5.56 Å². The van der Waals surface area contributed by atoms with E-state index in [-0.39, 0.29) is 25.4 Å². The molecule has 1 amide bonds. The number of carbonyl (C=O) groups excluding carboxylic acids is 1. The molecule has 1 atom stereocenters. The van der Waals surface area contributed by atoms with Crippen molar-refractivity contribution in [1.82, 2.24) is 9.47 Å². The molecule has 0 saturated carbocycles. The van der Waals surface area contributed by atoms with Gasteiger partial charge < -0.3 is 9.47 Å². The Morgan fingerprint density at radius 3 is 2.67 bits per heavy atom. The molecule has 1 aliphatic rings. The SMILES string of the molecule is O=C(Cn1ccc2scc(-c3ccc(C(F)(F)F)c(Cl)c3)c2c1=O)N1CCC(F)C1. The number of carbonyl (C=O) groups is 1. The van der Waals surface area contributed by atoms with Crippen LogP contribution in [0.25, 0.3) is 21.2 Å². The molecule has 0 radical (unpaired) electrons. The number of amides is 1. The van der Waals surface area contributed by atoms with Crippen LogP contribution in [0.1, 0.15) is 12.0 Å². The maximum Gasteiger partial charge on any atom is 0.417 e. The van der Waals surface area contributed by atoms with E-state index in [4.69, 9.17) is 11.6 Å². The monoisotopic (exact) mass is 458 g/mol. The van der Waals surface area contributed by atoms with Crippen LogP contribution in [0.4, 0.5) is 17.6 Å². The number of fused-ring (bicyclic) bond motifs is 1. The zero-order valence-corrected chi connectivity index (χ0v) is 17.0. The molecule has 0 N–H and O–H groups in total. The number of likely N-dealkylation sites (tertiary alicyclic amines) is 1. The van der Waals surface area contributed by atoms with Crippen LogP contribution in [0.5, 0.6) is 0 Å². The highest BCUT2D eigenvalue weighted by Gasteiger charge is 2.33. The molecule has 30 heavy (non-hydrogen) atoms. The van der Waals surface area contributed by atoms with Crippen LogP contribution in [0.2, 0.25) is 5.02 Å². The number of thiophene rings is 1. The molecule has 1 fully saturated rings. The van der Waals surface area contributed by atoms with Crippen molar-refractivity contribution >= 4 is 38.9 Å². The lowest BCUT2D eigenvalue weighted by Gasteiger charge is -2.16. The Morgan fingerprint density at radius 1 is 1.27 bits per heavy atom. The molecule has 1 saturated heterocycles. The molecule has 1 unspecified atom stereocenters. The summed E-state index contributed by atoms with van der Waals surface area (Å²) in [6.45, 7) is 0.0961. The van der Waals surface area contributed by atoms with Crippen molar-refractivity contribution < 1.29 is 22.4 Å². The van der Waals surface area contributed by atoms with Gasteiger partial charge in [-0.15, -0.1) is 11.3 Å². The zero-order valence-electron chi connectivity index (χ0n) is 15.4. The maximum atomic E-state index is 13.4. The Bertz CT molecular complexity index is 1190. The fourth-order valence-electron chi connectivity index (χ4n) is 3.52. The fourth-order valence-corrected chi connectivity index (χ4v) is 4.77. The molecule has 3 aromatic rings. The molecule has 0 spiro atoms. The molecular formula is C20H15ClF4N2O2S. The van der Waals surface area contributed by atoms with Crippen molar-refractivity contribution in [1.29, 1.82) is 0 Å². The lowest BCUT2D eigenvalue weighted by Crippen LogP contribution is -2.35. The fraction of sp³-hybridized carbons (Fsp3) is 0.300. The molecular weight excluding hydrogens is 444 g/mol. The topological polar surface area (TPSA) is 42.3 Å². The van der Waals surface area contributed by atoms with Gasteiger partial charge in [-0.25, -0.2) is 4.39 Å². The normalized spacial score (nSPS) is 17.1. The van der Waals surface area contributed by atoms with Crippen LogP contribution in [-0.4, -0.2) is 34.6 Å². The summed E-state index contributed by atoms with van der Waals surface area (Å²) < 4.78 is 54.1. The van der Waals surface area contributed by atoms with Crippen molar-refractivity contribution in [3.63, 3.8) is 0 Å². The molecule has 2 aromatic heterocycles. The Balaban J connectivity index is 1.71. The minimum absolute atomic E-state index is 0.0174. The van der Waals surface area contributed by atoms with E-state index in [2.05, 4.69) is 0 Å². The van der Waals surface area contributed by atoms with Crippen molar-refractivity contribution in [2.45, 2.75) is 25.3 Å². The van der Waals surface area contributed by atoms with E-state index in [0.717, 1.165) is 6.07 Å². The number of benzene rings is 1. The molecule has 4 rings (SSSR count). The molecule has 4 nitrogen and oxygen atoms in total. The summed E-state index contributed by atoms with van der Waals surface area (Å²) in [5.41, 5.74) is -0.570. The summed E-state index contributed by atoms with van der Waals surface area (Å²) in [4.78, 5) is 26.8. The smallest absolute Gasteiger partial charge is 0.338 e. The first-order chi connectivity index (χ1) is 14.1. The molecule has 0 bridgehead atoms. The first-order valence-electron chi connectivity index (χ1n) is 9.05. The summed E-state index contributed by atoms with van der Waals surface area (Å²) >= 11 is 7.09. The molecule has 158 valence electrons. The maximum absolute atomic E-state index is 13.4. The van der Waals surface area contributed by atoms with Gasteiger partial charge in [0.1, 0.15) is 12.7 Å². The van der Waals surface area contributed by atoms with Crippen LogP contribution in [0.3, 0.4) is 0 Å². The Morgan fingerprint density at radius 2 is 2.03 bits per heavy atom. The van der Waals surface area contributed by atoms with E-state index in [9.17, 15) is 27.2 Å². The van der Waals surface area contributed by atoms with Crippen LogP contribution in [0, 0.1) is 0 Å². The standard InChI is InChI=1S/C20H15ClF4N2O2S/c21-15-7-11(1-2-14(15)20(23,24)25)13-10-30-16-4-6-27(19(29)18(13)16)9-17(28)26-5-3-12(22)8-26/h1-2,4,6-7,10,12H,3,5,8-9H2. The number of rotatable bonds is 3. The molecule has 1 aliphatic heterocycles.